The molecule has 0 saturated heterocycles. The molecule has 1 aliphatic rings. The summed E-state index contributed by atoms with van der Waals surface area (Å²) in [6.07, 6.45) is -2.21. The number of ether oxygens (including phenoxy) is 3. The molecule has 1 aromatic rings. The van der Waals surface area contributed by atoms with E-state index in [0.29, 0.717) is 4.90 Å². The van der Waals surface area contributed by atoms with Gasteiger partial charge in [0.15, 0.2) is 5.54 Å². The van der Waals surface area contributed by atoms with Gasteiger partial charge in [-0.05, 0) is 64.2 Å². The van der Waals surface area contributed by atoms with Gasteiger partial charge in [-0.2, -0.15) is 0 Å². The lowest BCUT2D eigenvalue weighted by Crippen LogP contribution is -2.50. The summed E-state index contributed by atoms with van der Waals surface area (Å²) in [4.78, 5) is 43.0. The highest BCUT2D eigenvalue weighted by atomic mass is 28.3. The molecule has 0 bridgehead atoms. The van der Waals surface area contributed by atoms with E-state index in [1.807, 2.05) is 0 Å². The van der Waals surface area contributed by atoms with Crippen LogP contribution in [0.5, 0.6) is 0 Å². The van der Waals surface area contributed by atoms with Crippen LogP contribution in [0, 0.1) is 27.4 Å². The van der Waals surface area contributed by atoms with Crippen molar-refractivity contribution in [2.24, 2.45) is 4.99 Å². The molecule has 2 rings (SSSR count). The lowest BCUT2D eigenvalue weighted by molar-refractivity contribution is -0.385. The number of carbonyl (C=O) groups excluding carboxylic acids is 2. The highest BCUT2D eigenvalue weighted by Gasteiger charge is 2.46. The Kier molecular flexibility index (Phi) is 10.8. The van der Waals surface area contributed by atoms with E-state index in [9.17, 15) is 19.7 Å². The summed E-state index contributed by atoms with van der Waals surface area (Å²) < 4.78 is 32.4. The summed E-state index contributed by atoms with van der Waals surface area (Å²) in [5, 5.41) is 11.7. The zero-order chi connectivity index (χ0) is 33.1. The number of rotatable bonds is 5. The number of halogens is 1. The molecule has 1 atom stereocenters. The van der Waals surface area contributed by atoms with Crippen LogP contribution in [-0.4, -0.2) is 53.9 Å². The Morgan fingerprint density at radius 3 is 1.93 bits per heavy atom. The monoisotopic (exact) mass is 619 g/mol. The Balaban J connectivity index is 2.99. The predicted octanol–water partition coefficient (Wildman–Crippen LogP) is 8.10. The number of nitrogens with zero attached hydrogens (tertiary/aromatic N) is 3. The van der Waals surface area contributed by atoms with Crippen LogP contribution >= 0.6 is 0 Å². The zero-order valence-corrected chi connectivity index (χ0v) is 28.5. The van der Waals surface area contributed by atoms with E-state index < -0.39 is 53.8 Å². The lowest BCUT2D eigenvalue weighted by Gasteiger charge is -2.39. The Labute approximate surface area is 255 Å². The van der Waals surface area contributed by atoms with Gasteiger partial charge < -0.3 is 14.2 Å². The quantitative estimate of drug-likeness (QED) is 0.141. The molecule has 1 heterocycles. The van der Waals surface area contributed by atoms with Crippen molar-refractivity contribution in [3.05, 3.63) is 39.7 Å². The van der Waals surface area contributed by atoms with Crippen LogP contribution in [0.2, 0.25) is 16.6 Å². The second kappa shape index (κ2) is 13.0. The molecule has 0 spiro atoms. The van der Waals surface area contributed by atoms with E-state index >= 15 is 4.39 Å². The second-order valence-electron chi connectivity index (χ2n) is 13.7. The molecule has 0 fully saturated rings. The molecule has 238 valence electrons. The molecule has 43 heavy (non-hydrogen) atoms. The van der Waals surface area contributed by atoms with Crippen molar-refractivity contribution in [3.8, 4) is 11.5 Å². The minimum Gasteiger partial charge on any atom is -0.464 e. The second-order valence-corrected chi connectivity index (χ2v) is 19.3. The SMILES string of the molecule is CC(C)[Si](C#C[C@@]1(c2cc([N+](=O)[O-])ccc2F)CCOC(N(C(=O)OC(C)(C)C)C(=O)OC(C)(C)C)=N1)(C(C)C)C(C)C. The molecule has 1 aromatic carbocycles. The largest absolute Gasteiger partial charge is 0.464 e. The maximum Gasteiger partial charge on any atom is 0.428 e. The Morgan fingerprint density at radius 2 is 1.51 bits per heavy atom. The minimum atomic E-state index is -2.42. The first kappa shape index (κ1) is 35.7. The average Bonchev–Trinajstić information content (AvgIpc) is 2.81. The van der Waals surface area contributed by atoms with E-state index in [1.54, 1.807) is 41.5 Å². The fraction of sp³-hybridized carbons (Fsp3) is 0.645. The molecule has 1 aliphatic heterocycles. The van der Waals surface area contributed by atoms with Crippen molar-refractivity contribution in [1.29, 1.82) is 0 Å². The normalized spacial score (nSPS) is 17.5. The third kappa shape index (κ3) is 8.34. The fourth-order valence-electron chi connectivity index (χ4n) is 5.44. The van der Waals surface area contributed by atoms with Gasteiger partial charge in [-0.25, -0.2) is 19.0 Å². The van der Waals surface area contributed by atoms with Gasteiger partial charge in [0, 0.05) is 24.1 Å². The number of amides is 2. The first-order valence-electron chi connectivity index (χ1n) is 14.5. The molecule has 0 aromatic heterocycles. The van der Waals surface area contributed by atoms with E-state index in [-0.39, 0.29) is 40.9 Å². The number of non-ortho nitro benzene ring substituents is 1. The first-order valence-corrected chi connectivity index (χ1v) is 16.8. The topological polar surface area (TPSA) is 121 Å². The number of nitro groups is 1. The number of benzene rings is 1. The summed E-state index contributed by atoms with van der Waals surface area (Å²) in [6, 6.07) is 2.66. The third-order valence-corrected chi connectivity index (χ3v) is 13.6. The van der Waals surface area contributed by atoms with Crippen molar-refractivity contribution in [1.82, 2.24) is 4.90 Å². The van der Waals surface area contributed by atoms with Crippen molar-refractivity contribution in [3.63, 3.8) is 0 Å². The van der Waals surface area contributed by atoms with Crippen molar-refractivity contribution in [2.45, 2.75) is 123 Å². The first-order chi connectivity index (χ1) is 19.6. The number of imide groups is 1. The maximum atomic E-state index is 15.7. The van der Waals surface area contributed by atoms with E-state index in [4.69, 9.17) is 14.2 Å². The number of carbonyl (C=O) groups is 2. The summed E-state index contributed by atoms with van der Waals surface area (Å²) in [7, 11) is -2.42. The van der Waals surface area contributed by atoms with Gasteiger partial charge in [0.25, 0.3) is 5.69 Å². The molecule has 0 radical (unpaired) electrons. The molecular weight excluding hydrogens is 573 g/mol. The van der Waals surface area contributed by atoms with Crippen LogP contribution in [0.1, 0.15) is 95.1 Å². The predicted molar refractivity (Wildman–Crippen MR) is 166 cm³/mol. The molecule has 2 amide bonds. The molecule has 10 nitrogen and oxygen atoms in total. The molecule has 0 N–H and O–H groups in total. The molecule has 0 saturated carbocycles. The van der Waals surface area contributed by atoms with Crippen molar-refractivity contribution >= 4 is 32.0 Å². The van der Waals surface area contributed by atoms with Gasteiger partial charge in [0.1, 0.15) is 25.1 Å². The summed E-state index contributed by atoms with van der Waals surface area (Å²) in [5.41, 5.74) is -0.00317. The van der Waals surface area contributed by atoms with Gasteiger partial charge in [0.2, 0.25) is 0 Å². The highest BCUT2D eigenvalue weighted by Crippen LogP contribution is 2.43. The number of nitro benzene ring substituents is 1. The summed E-state index contributed by atoms with van der Waals surface area (Å²) in [5.74, 6) is 2.49. The van der Waals surface area contributed by atoms with Crippen molar-refractivity contribution < 1.29 is 33.1 Å². The van der Waals surface area contributed by atoms with Crippen LogP contribution in [0.3, 0.4) is 0 Å². The summed E-state index contributed by atoms with van der Waals surface area (Å²) in [6.45, 7) is 22.4. The molecule has 0 aliphatic carbocycles. The highest BCUT2D eigenvalue weighted by molar-refractivity contribution is 6.90. The molecule has 12 heteroatoms. The summed E-state index contributed by atoms with van der Waals surface area (Å²) >= 11 is 0. The lowest BCUT2D eigenvalue weighted by atomic mass is 9.87. The number of aliphatic imine (C=N–C) groups is 1. The Bertz CT molecular complexity index is 1270. The number of hydrogen-bond donors (Lipinski definition) is 0. The maximum absolute atomic E-state index is 15.7. The van der Waals surface area contributed by atoms with Gasteiger partial charge in [0.05, 0.1) is 11.5 Å². The van der Waals surface area contributed by atoms with E-state index in [0.717, 1.165) is 18.2 Å². The van der Waals surface area contributed by atoms with Gasteiger partial charge >= 0.3 is 18.2 Å². The van der Waals surface area contributed by atoms with E-state index in [1.165, 1.54) is 0 Å². The van der Waals surface area contributed by atoms with Crippen LogP contribution in [0.15, 0.2) is 23.2 Å². The van der Waals surface area contributed by atoms with Crippen LogP contribution < -0.4 is 0 Å². The minimum absolute atomic E-state index is 0.0107. The number of hydrogen-bond acceptors (Lipinski definition) is 8. The fourth-order valence-corrected chi connectivity index (χ4v) is 10.7. The zero-order valence-electron chi connectivity index (χ0n) is 27.5. The standard InChI is InChI=1S/C31H46FN3O7Si/c1-20(2)43(21(3)4,22(5)6)18-16-31(24-19-23(35(38)39)13-14-25(24)32)15-17-40-26(33-31)34(27(36)41-29(7,8)9)28(37)42-30(10,11)12/h13-14,19-22H,15,17H2,1-12H3/t31-/m1/s1. The van der Waals surface area contributed by atoms with Gasteiger partial charge in [-0.1, -0.05) is 47.5 Å². The Morgan fingerprint density at radius 1 is 1.02 bits per heavy atom. The Hall–Kier alpha value is -3.46. The van der Waals surface area contributed by atoms with Crippen LogP contribution in [0.4, 0.5) is 19.7 Å². The van der Waals surface area contributed by atoms with Gasteiger partial charge in [-0.3, -0.25) is 10.1 Å². The van der Waals surface area contributed by atoms with Crippen LogP contribution in [0.25, 0.3) is 0 Å². The smallest absolute Gasteiger partial charge is 0.428 e. The molecule has 0 unspecified atom stereocenters. The van der Waals surface area contributed by atoms with Gasteiger partial charge in [-0.15, -0.1) is 10.4 Å². The van der Waals surface area contributed by atoms with E-state index in [2.05, 4.69) is 58.0 Å². The van der Waals surface area contributed by atoms with Crippen LogP contribution in [-0.2, 0) is 19.7 Å². The number of amidine groups is 1. The third-order valence-electron chi connectivity index (χ3n) is 7.28. The average molecular weight is 620 g/mol. The van der Waals surface area contributed by atoms with Crippen molar-refractivity contribution in [2.75, 3.05) is 6.61 Å². The molecular formula is C31H46FN3O7Si.